The largest absolute Gasteiger partial charge is 0.391 e. The molecule has 3 aromatic carbocycles. The predicted molar refractivity (Wildman–Crippen MR) is 145 cm³/mol. The molecule has 2 aromatic heterocycles. The molecule has 35 heavy (non-hydrogen) atoms. The molecule has 0 radical (unpaired) electrons. The van der Waals surface area contributed by atoms with Crippen LogP contribution >= 0.6 is 22.6 Å². The van der Waals surface area contributed by atoms with E-state index >= 15 is 0 Å². The normalized spacial score (nSPS) is 11.2. The highest BCUT2D eigenvalue weighted by molar-refractivity contribution is 14.1. The summed E-state index contributed by atoms with van der Waals surface area (Å²) in [6.07, 6.45) is 4.94. The Morgan fingerprint density at radius 3 is 2.74 bits per heavy atom. The molecule has 0 aliphatic rings. The zero-order chi connectivity index (χ0) is 24.0. The van der Waals surface area contributed by atoms with Crippen LogP contribution in [-0.2, 0) is 18.0 Å². The molecule has 5 rings (SSSR count). The molecule has 0 amide bonds. The van der Waals surface area contributed by atoms with Crippen molar-refractivity contribution in [1.29, 1.82) is 0 Å². The fraction of sp³-hybridized carbons (Fsp3) is 0.0769. The van der Waals surface area contributed by atoms with E-state index in [9.17, 15) is 0 Å². The van der Waals surface area contributed by atoms with Gasteiger partial charge in [-0.05, 0) is 52.4 Å². The van der Waals surface area contributed by atoms with Gasteiger partial charge in [-0.1, -0.05) is 47.6 Å². The number of aromatic nitrogens is 4. The summed E-state index contributed by atoms with van der Waals surface area (Å²) in [4.78, 5) is 13.9. The fourth-order valence-electron chi connectivity index (χ4n) is 3.71. The van der Waals surface area contributed by atoms with Gasteiger partial charge in [0.1, 0.15) is 24.6 Å². The Kier molecular flexibility index (Phi) is 6.85. The zero-order valence-electron chi connectivity index (χ0n) is 18.7. The van der Waals surface area contributed by atoms with Crippen molar-refractivity contribution in [2.24, 2.45) is 5.16 Å². The van der Waals surface area contributed by atoms with Gasteiger partial charge in [-0.15, -0.1) is 4.68 Å². The molecular weight excluding hydrogens is 553 g/mol. The van der Waals surface area contributed by atoms with Gasteiger partial charge >= 0.3 is 0 Å². The molecule has 0 atom stereocenters. The standard InChI is InChI=1S/C26H22IN7O/c27-21-8-4-7-19(11-21)15-34-24-10-9-22(12-20(24)13-31-34)33-26-23(25(28)29-17-30-26)14-32-35-16-18-5-2-1-3-6-18/h1-14,17H,15-16H2,(H3,28,29,30,32,33)/p+1. The summed E-state index contributed by atoms with van der Waals surface area (Å²) < 4.78 is 3.34. The van der Waals surface area contributed by atoms with Crippen molar-refractivity contribution in [1.82, 2.24) is 15.1 Å². The summed E-state index contributed by atoms with van der Waals surface area (Å²) >= 11 is 2.33. The predicted octanol–water partition coefficient (Wildman–Crippen LogP) is 4.77. The molecule has 8 nitrogen and oxygen atoms in total. The Labute approximate surface area is 216 Å². The second-order valence-electron chi connectivity index (χ2n) is 7.90. The lowest BCUT2D eigenvalue weighted by molar-refractivity contribution is -0.718. The molecule has 0 aliphatic heterocycles. The van der Waals surface area contributed by atoms with Crippen molar-refractivity contribution >= 4 is 57.0 Å². The number of fused-ring (bicyclic) bond motifs is 1. The van der Waals surface area contributed by atoms with E-state index in [0.717, 1.165) is 28.7 Å². The minimum Gasteiger partial charge on any atom is -0.391 e. The highest BCUT2D eigenvalue weighted by Crippen LogP contribution is 2.23. The van der Waals surface area contributed by atoms with Gasteiger partial charge in [0.15, 0.2) is 6.54 Å². The summed E-state index contributed by atoms with van der Waals surface area (Å²) in [5.74, 6) is 0.860. The van der Waals surface area contributed by atoms with Crippen molar-refractivity contribution in [2.45, 2.75) is 13.2 Å². The van der Waals surface area contributed by atoms with E-state index in [1.807, 2.05) is 42.6 Å². The first-order valence-electron chi connectivity index (χ1n) is 11.0. The molecule has 4 N–H and O–H groups in total. The molecule has 5 aromatic rings. The lowest BCUT2D eigenvalue weighted by atomic mass is 10.2. The van der Waals surface area contributed by atoms with Crippen LogP contribution < -0.4 is 15.7 Å². The molecule has 0 aliphatic carbocycles. The summed E-state index contributed by atoms with van der Waals surface area (Å²) in [6, 6.07) is 24.4. The fourth-order valence-corrected chi connectivity index (χ4v) is 4.32. The van der Waals surface area contributed by atoms with Crippen molar-refractivity contribution < 1.29 is 9.52 Å². The van der Waals surface area contributed by atoms with E-state index in [2.05, 4.69) is 89.2 Å². The van der Waals surface area contributed by atoms with Crippen LogP contribution in [-0.4, -0.2) is 21.3 Å². The van der Waals surface area contributed by atoms with Gasteiger partial charge in [-0.3, -0.25) is 0 Å². The van der Waals surface area contributed by atoms with Crippen LogP contribution in [0.25, 0.3) is 10.9 Å². The number of nitrogen functional groups attached to an aromatic ring is 1. The van der Waals surface area contributed by atoms with E-state index in [4.69, 9.17) is 10.6 Å². The van der Waals surface area contributed by atoms with Crippen molar-refractivity contribution in [2.75, 3.05) is 11.1 Å². The number of nitrogens with one attached hydrogen (secondary N) is 2. The van der Waals surface area contributed by atoms with E-state index < -0.39 is 0 Å². The zero-order valence-corrected chi connectivity index (χ0v) is 20.9. The molecular formula is C26H23IN7O+. The van der Waals surface area contributed by atoms with Crippen LogP contribution in [0.1, 0.15) is 16.7 Å². The molecule has 0 fully saturated rings. The second kappa shape index (κ2) is 10.5. The van der Waals surface area contributed by atoms with Gasteiger partial charge in [0.2, 0.25) is 5.52 Å². The summed E-state index contributed by atoms with van der Waals surface area (Å²) in [5.41, 5.74) is 10.9. The third-order valence-electron chi connectivity index (χ3n) is 5.43. The summed E-state index contributed by atoms with van der Waals surface area (Å²) in [7, 11) is 0. The number of nitrogens with two attached hydrogens (primary N) is 1. The van der Waals surface area contributed by atoms with Gasteiger partial charge in [-0.25, -0.2) is 9.97 Å². The summed E-state index contributed by atoms with van der Waals surface area (Å²) in [6.45, 7) is 1.12. The van der Waals surface area contributed by atoms with Gasteiger partial charge in [0.05, 0.1) is 23.4 Å². The summed E-state index contributed by atoms with van der Waals surface area (Å²) in [5, 5.41) is 11.8. The first-order valence-corrected chi connectivity index (χ1v) is 12.1. The van der Waals surface area contributed by atoms with Gasteiger partial charge in [-0.2, -0.15) is 5.10 Å². The van der Waals surface area contributed by atoms with Crippen LogP contribution in [0.2, 0.25) is 0 Å². The van der Waals surface area contributed by atoms with Crippen LogP contribution in [0.3, 0.4) is 0 Å². The van der Waals surface area contributed by atoms with Crippen LogP contribution in [0, 0.1) is 3.57 Å². The molecule has 0 bridgehead atoms. The van der Waals surface area contributed by atoms with E-state index in [-0.39, 0.29) is 0 Å². The molecule has 0 saturated carbocycles. The number of benzene rings is 3. The van der Waals surface area contributed by atoms with Crippen molar-refractivity contribution in [3.8, 4) is 0 Å². The Bertz CT molecular complexity index is 1480. The molecule has 0 spiro atoms. The smallest absolute Gasteiger partial charge is 0.238 e. The Morgan fingerprint density at radius 1 is 1.03 bits per heavy atom. The monoisotopic (exact) mass is 576 g/mol. The molecule has 9 heteroatoms. The minimum atomic E-state index is 0.313. The number of hydrogen-bond acceptors (Lipinski definition) is 6. The average molecular weight is 576 g/mol. The number of rotatable bonds is 8. The van der Waals surface area contributed by atoms with Crippen molar-refractivity contribution in [3.05, 3.63) is 106 Å². The molecule has 0 unspecified atom stereocenters. The Balaban J connectivity index is 1.32. The Hall–Kier alpha value is -3.99. The quantitative estimate of drug-likeness (QED) is 0.107. The maximum Gasteiger partial charge on any atom is 0.238 e. The highest BCUT2D eigenvalue weighted by atomic mass is 127. The first kappa shape index (κ1) is 22.8. The van der Waals surface area contributed by atoms with Crippen LogP contribution in [0.4, 0.5) is 17.3 Å². The van der Waals surface area contributed by atoms with Gasteiger partial charge in [0.25, 0.3) is 0 Å². The van der Waals surface area contributed by atoms with Gasteiger partial charge in [0, 0.05) is 20.9 Å². The number of halogens is 1. The lowest BCUT2D eigenvalue weighted by Crippen LogP contribution is -2.36. The highest BCUT2D eigenvalue weighted by Gasteiger charge is 2.14. The van der Waals surface area contributed by atoms with Crippen molar-refractivity contribution in [3.63, 3.8) is 0 Å². The van der Waals surface area contributed by atoms with E-state index in [0.29, 0.717) is 23.8 Å². The number of oxime groups is 1. The van der Waals surface area contributed by atoms with Gasteiger partial charge < -0.3 is 15.9 Å². The molecule has 0 saturated heterocycles. The van der Waals surface area contributed by atoms with E-state index in [1.165, 1.54) is 21.7 Å². The third-order valence-corrected chi connectivity index (χ3v) is 6.10. The lowest BCUT2D eigenvalue weighted by Gasteiger charge is -2.09. The number of anilines is 3. The number of nitrogens with zero attached hydrogens (tertiary/aromatic N) is 4. The molecule has 2 heterocycles. The topological polar surface area (TPSA) is 105 Å². The maximum atomic E-state index is 6.10. The van der Waals surface area contributed by atoms with Crippen LogP contribution in [0.5, 0.6) is 0 Å². The van der Waals surface area contributed by atoms with E-state index in [1.54, 1.807) is 0 Å². The Morgan fingerprint density at radius 2 is 1.89 bits per heavy atom. The second-order valence-corrected chi connectivity index (χ2v) is 9.15. The third kappa shape index (κ3) is 5.57. The molecule has 174 valence electrons. The first-order chi connectivity index (χ1) is 17.2. The number of hydrogen-bond donors (Lipinski definition) is 3. The number of H-pyrrole nitrogens is 1. The maximum absolute atomic E-state index is 6.10. The number of aromatic amines is 1. The average Bonchev–Trinajstić information content (AvgIpc) is 3.25. The SMILES string of the molecule is Nc1ncnc(Nc2ccc3c(c[nH][n+]3Cc3cccc(I)c3)c2)c1C=NOCc1ccccc1. The minimum absolute atomic E-state index is 0.313. The van der Waals surface area contributed by atoms with Crippen LogP contribution in [0.15, 0.2) is 90.5 Å².